The van der Waals surface area contributed by atoms with E-state index in [1.165, 1.54) is 5.01 Å². The summed E-state index contributed by atoms with van der Waals surface area (Å²) in [6, 6.07) is 8.08. The van der Waals surface area contributed by atoms with E-state index in [2.05, 4.69) is 26.6 Å². The third-order valence-electron chi connectivity index (χ3n) is 4.52. The maximum atomic E-state index is 12.0. The van der Waals surface area contributed by atoms with Crippen LogP contribution in [-0.2, 0) is 4.84 Å². The lowest BCUT2D eigenvalue weighted by molar-refractivity contribution is -0.720. The average Bonchev–Trinajstić information content (AvgIpc) is 3.30. The molecule has 0 amide bonds. The predicted octanol–water partition coefficient (Wildman–Crippen LogP) is 2.39. The minimum atomic E-state index is -0.321. The lowest BCUT2D eigenvalue weighted by Gasteiger charge is -2.26. The molecule has 1 atom stereocenters. The van der Waals surface area contributed by atoms with Crippen LogP contribution in [0.4, 0.5) is 5.69 Å². The van der Waals surface area contributed by atoms with Crippen LogP contribution in [0, 0.1) is 5.21 Å². The van der Waals surface area contributed by atoms with Crippen LogP contribution in [0.15, 0.2) is 41.9 Å². The second kappa shape index (κ2) is 7.19. The van der Waals surface area contributed by atoms with Crippen molar-refractivity contribution in [1.29, 1.82) is 0 Å². The predicted molar refractivity (Wildman–Crippen MR) is 96.6 cm³/mol. The lowest BCUT2D eigenvalue weighted by atomic mass is 10.1. The van der Waals surface area contributed by atoms with Crippen molar-refractivity contribution < 1.29 is 9.81 Å². The molecule has 0 aliphatic carbocycles. The van der Waals surface area contributed by atoms with Crippen molar-refractivity contribution in [3.63, 3.8) is 0 Å². The van der Waals surface area contributed by atoms with E-state index in [1.54, 1.807) is 17.9 Å². The van der Waals surface area contributed by atoms with Crippen LogP contribution in [-0.4, -0.2) is 56.8 Å². The molecule has 1 saturated heterocycles. The monoisotopic (exact) mass is 359 g/mol. The molecule has 3 rings (SSSR count). The fourth-order valence-electron chi connectivity index (χ4n) is 2.65. The molecule has 2 aromatic rings. The van der Waals surface area contributed by atoms with Crippen molar-refractivity contribution >= 4 is 5.69 Å². The second-order valence-electron chi connectivity index (χ2n) is 7.36. The number of nitrogens with zero attached hydrogens (tertiary/aromatic N) is 7. The van der Waals surface area contributed by atoms with Gasteiger partial charge in [0.1, 0.15) is 0 Å². The van der Waals surface area contributed by atoms with Crippen molar-refractivity contribution in [2.75, 3.05) is 25.0 Å². The van der Waals surface area contributed by atoms with E-state index < -0.39 is 0 Å². The van der Waals surface area contributed by atoms with Crippen LogP contribution >= 0.6 is 0 Å². The highest BCUT2D eigenvalue weighted by Crippen LogP contribution is 2.24. The Kier molecular flexibility index (Phi) is 4.97. The molecule has 9 nitrogen and oxygen atoms in total. The molecule has 0 saturated carbocycles. The van der Waals surface area contributed by atoms with Crippen LogP contribution < -0.4 is 4.90 Å². The van der Waals surface area contributed by atoms with Crippen LogP contribution in [0.5, 0.6) is 0 Å². The van der Waals surface area contributed by atoms with Crippen molar-refractivity contribution in [1.82, 2.24) is 20.0 Å². The molecule has 0 bridgehead atoms. The van der Waals surface area contributed by atoms with Crippen molar-refractivity contribution in [3.05, 3.63) is 41.9 Å². The Labute approximate surface area is 153 Å². The normalized spacial score (nSPS) is 18.2. The van der Waals surface area contributed by atoms with Crippen molar-refractivity contribution in [2.45, 2.75) is 38.8 Å². The largest absolute Gasteiger partial charge is 0.569 e. The number of anilines is 1. The first kappa shape index (κ1) is 18.0. The van der Waals surface area contributed by atoms with E-state index in [4.69, 9.17) is 4.84 Å². The lowest BCUT2D eigenvalue weighted by Crippen LogP contribution is -2.42. The summed E-state index contributed by atoms with van der Waals surface area (Å²) in [6.07, 6.45) is 4.15. The van der Waals surface area contributed by atoms with Gasteiger partial charge < -0.3 is 14.9 Å². The SMILES string of the molecule is CN(/[N+]([O-])=N/O[C@@H]1CCN(c2cccc(-n3ccnn3)c2)C1)C(C)(C)C. The molecule has 9 heteroatoms. The van der Waals surface area contributed by atoms with E-state index in [-0.39, 0.29) is 11.6 Å². The van der Waals surface area contributed by atoms with Gasteiger partial charge in [-0.2, -0.15) is 0 Å². The molecule has 1 aromatic heterocycles. The van der Waals surface area contributed by atoms with Gasteiger partial charge in [-0.15, -0.1) is 10.1 Å². The van der Waals surface area contributed by atoms with Gasteiger partial charge in [-0.05, 0) is 39.0 Å². The summed E-state index contributed by atoms with van der Waals surface area (Å²) in [5, 5.41) is 25.1. The Balaban J connectivity index is 1.62. The van der Waals surface area contributed by atoms with E-state index >= 15 is 0 Å². The van der Waals surface area contributed by atoms with Gasteiger partial charge in [0.25, 0.3) is 0 Å². The van der Waals surface area contributed by atoms with Gasteiger partial charge >= 0.3 is 0 Å². The summed E-state index contributed by atoms with van der Waals surface area (Å²) >= 11 is 0. The molecule has 26 heavy (non-hydrogen) atoms. The minimum Gasteiger partial charge on any atom is -0.569 e. The maximum Gasteiger partial charge on any atom is 0.233 e. The van der Waals surface area contributed by atoms with Crippen LogP contribution in [0.3, 0.4) is 0 Å². The Bertz CT molecular complexity index is 755. The van der Waals surface area contributed by atoms with Crippen molar-refractivity contribution in [2.24, 2.45) is 5.28 Å². The van der Waals surface area contributed by atoms with Gasteiger partial charge in [-0.1, -0.05) is 11.3 Å². The molecule has 1 aliphatic heterocycles. The smallest absolute Gasteiger partial charge is 0.233 e. The number of rotatable bonds is 5. The topological polar surface area (TPSA) is 84.9 Å². The third-order valence-corrected chi connectivity index (χ3v) is 4.52. The fraction of sp³-hybridized carbons (Fsp3) is 0.529. The van der Waals surface area contributed by atoms with Gasteiger partial charge in [0, 0.05) is 18.7 Å². The van der Waals surface area contributed by atoms with E-state index in [0.29, 0.717) is 11.5 Å². The molecule has 140 valence electrons. The number of hydrogen-bond donors (Lipinski definition) is 0. The highest BCUT2D eigenvalue weighted by Gasteiger charge is 2.27. The zero-order valence-electron chi connectivity index (χ0n) is 15.6. The van der Waals surface area contributed by atoms with Gasteiger partial charge in [0.15, 0.2) is 6.10 Å². The van der Waals surface area contributed by atoms with Gasteiger partial charge in [-0.25, -0.2) is 4.68 Å². The zero-order chi connectivity index (χ0) is 18.7. The summed E-state index contributed by atoms with van der Waals surface area (Å²) in [4.78, 5) is 8.18. The first-order valence-electron chi connectivity index (χ1n) is 8.64. The number of hydrazine groups is 1. The molecule has 0 spiro atoms. The molecular weight excluding hydrogens is 334 g/mol. The highest BCUT2D eigenvalue weighted by molar-refractivity contribution is 5.53. The molecule has 1 aliphatic rings. The molecule has 2 heterocycles. The van der Waals surface area contributed by atoms with Gasteiger partial charge in [0.05, 0.1) is 42.2 Å². The van der Waals surface area contributed by atoms with Gasteiger partial charge in [-0.3, -0.25) is 0 Å². The Morgan fingerprint density at radius 2 is 2.12 bits per heavy atom. The van der Waals surface area contributed by atoms with Crippen LogP contribution in [0.25, 0.3) is 5.69 Å². The van der Waals surface area contributed by atoms with E-state index in [9.17, 15) is 5.21 Å². The summed E-state index contributed by atoms with van der Waals surface area (Å²) < 4.78 is 1.72. The standard InChI is InChI=1S/C17H25N7O2/c1-17(2,3)21(4)24(25)20-26-16-8-10-22(13-16)14-6-5-7-15(12-14)23-11-9-18-19-23/h5-7,9,11-12,16H,8,10,13H2,1-4H3/b24-20-/t16-/m1/s1. The molecule has 1 aromatic carbocycles. The molecule has 0 N–H and O–H groups in total. The molecule has 0 radical (unpaired) electrons. The zero-order valence-corrected chi connectivity index (χ0v) is 15.6. The van der Waals surface area contributed by atoms with E-state index in [0.717, 1.165) is 24.3 Å². The third kappa shape index (κ3) is 4.04. The molecule has 0 unspecified atom stereocenters. The van der Waals surface area contributed by atoms with E-state index in [1.807, 2.05) is 45.2 Å². The maximum absolute atomic E-state index is 12.0. The number of aromatic nitrogens is 3. The van der Waals surface area contributed by atoms with Crippen LogP contribution in [0.2, 0.25) is 0 Å². The summed E-state index contributed by atoms with van der Waals surface area (Å²) in [6.45, 7) is 7.33. The molecular formula is C17H25N7O2. The summed E-state index contributed by atoms with van der Waals surface area (Å²) in [5.74, 6) is 0. The molecule has 1 fully saturated rings. The number of hydrogen-bond acceptors (Lipinski definition) is 6. The quantitative estimate of drug-likeness (QED) is 0.463. The summed E-state index contributed by atoms with van der Waals surface area (Å²) in [5.41, 5.74) is 1.71. The number of benzene rings is 1. The first-order chi connectivity index (χ1) is 12.3. The van der Waals surface area contributed by atoms with Crippen molar-refractivity contribution in [3.8, 4) is 5.69 Å². The fourth-order valence-corrected chi connectivity index (χ4v) is 2.65. The summed E-state index contributed by atoms with van der Waals surface area (Å²) in [7, 11) is 1.69. The van der Waals surface area contributed by atoms with Gasteiger partial charge in [0.2, 0.25) is 5.28 Å². The highest BCUT2D eigenvalue weighted by atomic mass is 16.7. The second-order valence-corrected chi connectivity index (χ2v) is 7.36. The Hall–Kier alpha value is -2.84. The minimum absolute atomic E-state index is 0.116. The van der Waals surface area contributed by atoms with Crippen LogP contribution in [0.1, 0.15) is 27.2 Å². The Morgan fingerprint density at radius 3 is 2.81 bits per heavy atom. The Morgan fingerprint density at radius 1 is 1.35 bits per heavy atom. The average molecular weight is 359 g/mol. The first-order valence-corrected chi connectivity index (χ1v) is 8.64.